The van der Waals surface area contributed by atoms with Crippen LogP contribution in [0, 0.1) is 0 Å². The fraction of sp³-hybridized carbons (Fsp3) is 0.263. The van der Waals surface area contributed by atoms with Gasteiger partial charge >= 0.3 is 0 Å². The van der Waals surface area contributed by atoms with Crippen LogP contribution >= 0.6 is 23.2 Å². The number of nitrogens with zero attached hydrogens (tertiary/aromatic N) is 3. The van der Waals surface area contributed by atoms with Crippen LogP contribution in [0.15, 0.2) is 46.9 Å². The monoisotopic (exact) mass is 391 g/mol. The van der Waals surface area contributed by atoms with Crippen molar-refractivity contribution in [2.24, 2.45) is 0 Å². The highest BCUT2D eigenvalue weighted by Crippen LogP contribution is 2.28. The zero-order valence-electron chi connectivity index (χ0n) is 14.7. The van der Waals surface area contributed by atoms with Crippen molar-refractivity contribution in [3.63, 3.8) is 0 Å². The molecule has 0 aliphatic heterocycles. The molecule has 0 amide bonds. The van der Waals surface area contributed by atoms with Crippen LogP contribution in [-0.2, 0) is 6.54 Å². The Labute approximate surface area is 162 Å². The molecule has 5 nitrogen and oxygen atoms in total. The van der Waals surface area contributed by atoms with Crippen LogP contribution in [-0.4, -0.2) is 29.3 Å². The van der Waals surface area contributed by atoms with Gasteiger partial charge in [0.15, 0.2) is 0 Å². The summed E-state index contributed by atoms with van der Waals surface area (Å²) < 4.78 is 11.3. The van der Waals surface area contributed by atoms with Gasteiger partial charge in [-0.1, -0.05) is 29.3 Å². The summed E-state index contributed by atoms with van der Waals surface area (Å²) in [6.45, 7) is 2.63. The first-order valence-corrected chi connectivity index (χ1v) is 8.85. The lowest BCUT2D eigenvalue weighted by Gasteiger charge is -2.22. The van der Waals surface area contributed by atoms with Crippen molar-refractivity contribution in [1.82, 2.24) is 15.1 Å². The number of ether oxygens (including phenoxy) is 1. The Morgan fingerprint density at radius 2 is 1.88 bits per heavy atom. The number of methoxy groups -OCH3 is 1. The van der Waals surface area contributed by atoms with Crippen LogP contribution in [0.2, 0.25) is 10.0 Å². The van der Waals surface area contributed by atoms with Gasteiger partial charge in [0, 0.05) is 27.7 Å². The topological polar surface area (TPSA) is 51.4 Å². The molecule has 0 aliphatic carbocycles. The summed E-state index contributed by atoms with van der Waals surface area (Å²) in [5, 5.41) is 9.62. The van der Waals surface area contributed by atoms with Crippen molar-refractivity contribution < 1.29 is 9.15 Å². The first-order valence-electron chi connectivity index (χ1n) is 8.10. The Hall–Kier alpha value is -2.08. The van der Waals surface area contributed by atoms with E-state index >= 15 is 0 Å². The van der Waals surface area contributed by atoms with Gasteiger partial charge in [-0.25, -0.2) is 0 Å². The SMILES string of the molecule is COc1ccc(Cl)cc1CN(C)[C@@H](C)c1nnc(-c2cccc(Cl)c2)o1. The lowest BCUT2D eigenvalue weighted by atomic mass is 10.1. The van der Waals surface area contributed by atoms with E-state index in [1.54, 1.807) is 19.2 Å². The maximum absolute atomic E-state index is 6.11. The quantitative estimate of drug-likeness (QED) is 0.574. The van der Waals surface area contributed by atoms with Gasteiger partial charge in [0.1, 0.15) is 5.75 Å². The molecule has 26 heavy (non-hydrogen) atoms. The second-order valence-corrected chi connectivity index (χ2v) is 6.88. The Bertz CT molecular complexity index is 898. The Balaban J connectivity index is 1.77. The number of hydrogen-bond donors (Lipinski definition) is 0. The van der Waals surface area contributed by atoms with Crippen LogP contribution in [0.25, 0.3) is 11.5 Å². The van der Waals surface area contributed by atoms with Gasteiger partial charge in [-0.05, 0) is 50.4 Å². The molecule has 136 valence electrons. The zero-order chi connectivity index (χ0) is 18.7. The number of halogens is 2. The molecule has 0 bridgehead atoms. The molecular weight excluding hydrogens is 373 g/mol. The number of benzene rings is 2. The summed E-state index contributed by atoms with van der Waals surface area (Å²) >= 11 is 12.1. The Morgan fingerprint density at radius 1 is 1.12 bits per heavy atom. The van der Waals surface area contributed by atoms with Gasteiger partial charge in [-0.3, -0.25) is 4.90 Å². The first kappa shape index (κ1) is 18.7. The van der Waals surface area contributed by atoms with Crippen LogP contribution in [0.1, 0.15) is 24.4 Å². The van der Waals surface area contributed by atoms with Crippen molar-refractivity contribution >= 4 is 23.2 Å². The highest BCUT2D eigenvalue weighted by atomic mass is 35.5. The average Bonchev–Trinajstić information content (AvgIpc) is 3.11. The lowest BCUT2D eigenvalue weighted by Crippen LogP contribution is -2.22. The lowest BCUT2D eigenvalue weighted by molar-refractivity contribution is 0.215. The molecule has 1 aromatic heterocycles. The molecule has 0 saturated carbocycles. The van der Waals surface area contributed by atoms with Crippen molar-refractivity contribution in [1.29, 1.82) is 0 Å². The minimum absolute atomic E-state index is 0.0841. The van der Waals surface area contributed by atoms with E-state index in [9.17, 15) is 0 Å². The Kier molecular flexibility index (Phi) is 5.81. The molecule has 0 unspecified atom stereocenters. The molecule has 7 heteroatoms. The minimum Gasteiger partial charge on any atom is -0.496 e. The summed E-state index contributed by atoms with van der Waals surface area (Å²) in [5.41, 5.74) is 1.78. The summed E-state index contributed by atoms with van der Waals surface area (Å²) in [6.07, 6.45) is 0. The number of rotatable bonds is 6. The van der Waals surface area contributed by atoms with E-state index in [-0.39, 0.29) is 6.04 Å². The van der Waals surface area contributed by atoms with Gasteiger partial charge in [0.25, 0.3) is 0 Å². The normalized spacial score (nSPS) is 12.4. The molecule has 0 spiro atoms. The summed E-state index contributed by atoms with van der Waals surface area (Å²) in [6, 6.07) is 12.8. The van der Waals surface area contributed by atoms with Gasteiger partial charge in [-0.2, -0.15) is 0 Å². The van der Waals surface area contributed by atoms with E-state index in [1.165, 1.54) is 0 Å². The molecule has 1 atom stereocenters. The standard InChI is InChI=1S/C19H19Cl2N3O2/c1-12(24(2)11-14-10-16(21)7-8-17(14)25-3)18-22-23-19(26-18)13-5-4-6-15(20)9-13/h4-10,12H,11H2,1-3H3/t12-/m0/s1. The smallest absolute Gasteiger partial charge is 0.247 e. The molecule has 1 heterocycles. The van der Waals surface area contributed by atoms with E-state index in [4.69, 9.17) is 32.4 Å². The van der Waals surface area contributed by atoms with Crippen LogP contribution in [0.3, 0.4) is 0 Å². The summed E-state index contributed by atoms with van der Waals surface area (Å²) in [5.74, 6) is 1.77. The van der Waals surface area contributed by atoms with E-state index in [2.05, 4.69) is 15.1 Å². The molecule has 3 aromatic rings. The summed E-state index contributed by atoms with van der Waals surface area (Å²) in [7, 11) is 3.62. The van der Waals surface area contributed by atoms with E-state index in [1.807, 2.05) is 44.3 Å². The van der Waals surface area contributed by atoms with Crippen molar-refractivity contribution in [2.75, 3.05) is 14.2 Å². The fourth-order valence-corrected chi connectivity index (χ4v) is 2.99. The van der Waals surface area contributed by atoms with Gasteiger partial charge in [0.2, 0.25) is 11.8 Å². The maximum atomic E-state index is 6.11. The van der Waals surface area contributed by atoms with Crippen LogP contribution in [0.5, 0.6) is 5.75 Å². The van der Waals surface area contributed by atoms with E-state index in [0.29, 0.717) is 28.4 Å². The van der Waals surface area contributed by atoms with E-state index < -0.39 is 0 Å². The Morgan fingerprint density at radius 3 is 2.62 bits per heavy atom. The second kappa shape index (κ2) is 8.08. The maximum Gasteiger partial charge on any atom is 0.247 e. The predicted octanol–water partition coefficient (Wildman–Crippen LogP) is 5.25. The highest BCUT2D eigenvalue weighted by molar-refractivity contribution is 6.31. The molecular formula is C19H19Cl2N3O2. The molecule has 3 rings (SSSR count). The van der Waals surface area contributed by atoms with Crippen LogP contribution in [0.4, 0.5) is 0 Å². The molecule has 2 aromatic carbocycles. The fourth-order valence-electron chi connectivity index (χ4n) is 2.61. The second-order valence-electron chi connectivity index (χ2n) is 6.00. The number of hydrogen-bond acceptors (Lipinski definition) is 5. The highest BCUT2D eigenvalue weighted by Gasteiger charge is 2.20. The third kappa shape index (κ3) is 4.18. The number of aromatic nitrogens is 2. The average molecular weight is 392 g/mol. The molecule has 0 fully saturated rings. The van der Waals surface area contributed by atoms with Crippen LogP contribution < -0.4 is 4.74 Å². The van der Waals surface area contributed by atoms with E-state index in [0.717, 1.165) is 16.9 Å². The first-order chi connectivity index (χ1) is 12.5. The third-order valence-electron chi connectivity index (χ3n) is 4.19. The predicted molar refractivity (Wildman–Crippen MR) is 103 cm³/mol. The van der Waals surface area contributed by atoms with Crippen molar-refractivity contribution in [3.05, 3.63) is 64.0 Å². The van der Waals surface area contributed by atoms with Crippen molar-refractivity contribution in [2.45, 2.75) is 19.5 Å². The van der Waals surface area contributed by atoms with Gasteiger partial charge in [0.05, 0.1) is 13.2 Å². The largest absolute Gasteiger partial charge is 0.496 e. The molecule has 0 aliphatic rings. The van der Waals surface area contributed by atoms with Crippen molar-refractivity contribution in [3.8, 4) is 17.2 Å². The molecule has 0 N–H and O–H groups in total. The molecule has 0 saturated heterocycles. The van der Waals surface area contributed by atoms with Gasteiger partial charge < -0.3 is 9.15 Å². The minimum atomic E-state index is -0.0841. The van der Waals surface area contributed by atoms with Gasteiger partial charge in [-0.15, -0.1) is 10.2 Å². The molecule has 0 radical (unpaired) electrons. The zero-order valence-corrected chi connectivity index (χ0v) is 16.3. The summed E-state index contributed by atoms with van der Waals surface area (Å²) in [4.78, 5) is 2.09. The third-order valence-corrected chi connectivity index (χ3v) is 4.66.